The summed E-state index contributed by atoms with van der Waals surface area (Å²) in [5, 5.41) is 12.3. The maximum Gasteiger partial charge on any atom is 0.252 e. The van der Waals surface area contributed by atoms with Gasteiger partial charge in [-0.1, -0.05) is 55.3 Å². The average Bonchev–Trinajstić information content (AvgIpc) is 3.06. The molecule has 29 heavy (non-hydrogen) atoms. The summed E-state index contributed by atoms with van der Waals surface area (Å²) in [4.78, 5) is 39.7. The van der Waals surface area contributed by atoms with E-state index in [0.717, 1.165) is 25.7 Å². The number of aliphatic hydroxyl groups excluding tert-OH is 1. The summed E-state index contributed by atoms with van der Waals surface area (Å²) in [5.41, 5.74) is 1.20. The molecule has 3 rings (SSSR count). The van der Waals surface area contributed by atoms with Gasteiger partial charge in [-0.2, -0.15) is 0 Å². The number of carbonyl (C=O) groups excluding carboxylic acids is 3. The van der Waals surface area contributed by atoms with Gasteiger partial charge in [-0.05, 0) is 25.0 Å². The first-order valence-corrected chi connectivity index (χ1v) is 10.0. The third-order valence-corrected chi connectivity index (χ3v) is 5.13. The smallest absolute Gasteiger partial charge is 0.252 e. The third-order valence-electron chi connectivity index (χ3n) is 5.13. The Labute approximate surface area is 170 Å². The molecule has 0 radical (unpaired) electrons. The molecule has 2 amide bonds. The summed E-state index contributed by atoms with van der Waals surface area (Å²) in [6, 6.07) is 14.2. The van der Waals surface area contributed by atoms with E-state index < -0.39 is 18.6 Å². The minimum atomic E-state index is -0.992. The van der Waals surface area contributed by atoms with Gasteiger partial charge >= 0.3 is 0 Å². The fourth-order valence-electron chi connectivity index (χ4n) is 3.50. The summed E-state index contributed by atoms with van der Waals surface area (Å²) >= 11 is 0. The Bertz CT molecular complexity index is 858. The molecule has 1 aliphatic rings. The van der Waals surface area contributed by atoms with Gasteiger partial charge < -0.3 is 15.3 Å². The molecule has 1 fully saturated rings. The van der Waals surface area contributed by atoms with E-state index >= 15 is 0 Å². The molecule has 0 saturated carbocycles. The molecule has 0 unspecified atom stereocenters. The van der Waals surface area contributed by atoms with E-state index in [0.29, 0.717) is 24.2 Å². The molecule has 0 bridgehead atoms. The van der Waals surface area contributed by atoms with Gasteiger partial charge in [-0.25, -0.2) is 0 Å². The van der Waals surface area contributed by atoms with Gasteiger partial charge in [0, 0.05) is 29.8 Å². The summed E-state index contributed by atoms with van der Waals surface area (Å²) in [6.07, 6.45) is 4.04. The number of carbonyl (C=O) groups is 3. The number of nitrogens with one attached hydrogen (secondary N) is 1. The number of nitrogens with zero attached hydrogens (tertiary/aromatic N) is 1. The molecule has 6 heteroatoms. The van der Waals surface area contributed by atoms with Crippen molar-refractivity contribution in [3.8, 4) is 0 Å². The second-order valence-corrected chi connectivity index (χ2v) is 7.22. The van der Waals surface area contributed by atoms with E-state index in [9.17, 15) is 19.5 Å². The first kappa shape index (κ1) is 20.7. The van der Waals surface area contributed by atoms with Crippen molar-refractivity contribution in [1.82, 2.24) is 10.2 Å². The van der Waals surface area contributed by atoms with E-state index in [-0.39, 0.29) is 17.3 Å². The van der Waals surface area contributed by atoms with Crippen molar-refractivity contribution in [3.05, 3.63) is 71.3 Å². The van der Waals surface area contributed by atoms with Crippen LogP contribution in [0.3, 0.4) is 0 Å². The Balaban J connectivity index is 1.70. The first-order chi connectivity index (χ1) is 14.1. The number of likely N-dealkylation sites (tertiary alicyclic amines) is 1. The molecule has 152 valence electrons. The van der Waals surface area contributed by atoms with Gasteiger partial charge in [0.1, 0.15) is 6.04 Å². The number of ketones is 1. The SMILES string of the molecule is O=C(N[C@@H](CO)C(=O)N1CCCCCC1)c1cccc(C(=O)c2ccccc2)c1. The van der Waals surface area contributed by atoms with Gasteiger partial charge in [0.25, 0.3) is 5.91 Å². The molecule has 1 aliphatic heterocycles. The van der Waals surface area contributed by atoms with Crippen LogP contribution in [0.25, 0.3) is 0 Å². The highest BCUT2D eigenvalue weighted by Crippen LogP contribution is 2.13. The molecule has 0 aliphatic carbocycles. The van der Waals surface area contributed by atoms with Gasteiger partial charge in [-0.3, -0.25) is 14.4 Å². The molecule has 1 heterocycles. The minimum Gasteiger partial charge on any atom is -0.394 e. The van der Waals surface area contributed by atoms with Crippen LogP contribution in [0.5, 0.6) is 0 Å². The topological polar surface area (TPSA) is 86.7 Å². The predicted molar refractivity (Wildman–Crippen MR) is 110 cm³/mol. The summed E-state index contributed by atoms with van der Waals surface area (Å²) in [6.45, 7) is 0.822. The fourth-order valence-corrected chi connectivity index (χ4v) is 3.50. The fraction of sp³-hybridized carbons (Fsp3) is 0.348. The lowest BCUT2D eigenvalue weighted by molar-refractivity contribution is -0.134. The van der Waals surface area contributed by atoms with E-state index in [1.807, 2.05) is 6.07 Å². The molecule has 2 aromatic carbocycles. The van der Waals surface area contributed by atoms with Gasteiger partial charge in [0.05, 0.1) is 6.61 Å². The van der Waals surface area contributed by atoms with Gasteiger partial charge in [0.2, 0.25) is 5.91 Å². The molecule has 1 atom stereocenters. The average molecular weight is 394 g/mol. The lowest BCUT2D eigenvalue weighted by Crippen LogP contribution is -2.50. The minimum absolute atomic E-state index is 0.181. The van der Waals surface area contributed by atoms with Crippen LogP contribution in [0.15, 0.2) is 54.6 Å². The van der Waals surface area contributed by atoms with Crippen LogP contribution in [0.2, 0.25) is 0 Å². The Morgan fingerprint density at radius 2 is 1.48 bits per heavy atom. The highest BCUT2D eigenvalue weighted by atomic mass is 16.3. The molecule has 1 saturated heterocycles. The normalized spacial score (nSPS) is 15.3. The zero-order valence-electron chi connectivity index (χ0n) is 16.3. The van der Waals surface area contributed by atoms with Gasteiger partial charge in [-0.15, -0.1) is 0 Å². The zero-order valence-corrected chi connectivity index (χ0v) is 16.3. The Kier molecular flexibility index (Phi) is 7.14. The lowest BCUT2D eigenvalue weighted by Gasteiger charge is -2.25. The highest BCUT2D eigenvalue weighted by Gasteiger charge is 2.26. The zero-order chi connectivity index (χ0) is 20.6. The Morgan fingerprint density at radius 3 is 2.14 bits per heavy atom. The van der Waals surface area contributed by atoms with E-state index in [1.165, 1.54) is 6.07 Å². The van der Waals surface area contributed by atoms with Crippen LogP contribution in [0.4, 0.5) is 0 Å². The van der Waals surface area contributed by atoms with Crippen molar-refractivity contribution in [3.63, 3.8) is 0 Å². The molecular weight excluding hydrogens is 368 g/mol. The molecule has 2 aromatic rings. The van der Waals surface area contributed by atoms with Crippen molar-refractivity contribution in [2.45, 2.75) is 31.7 Å². The van der Waals surface area contributed by atoms with E-state index in [4.69, 9.17) is 0 Å². The highest BCUT2D eigenvalue weighted by molar-refractivity contribution is 6.10. The molecule has 6 nitrogen and oxygen atoms in total. The van der Waals surface area contributed by atoms with Crippen LogP contribution in [-0.2, 0) is 4.79 Å². The van der Waals surface area contributed by atoms with Crippen LogP contribution >= 0.6 is 0 Å². The van der Waals surface area contributed by atoms with Crippen molar-refractivity contribution in [1.29, 1.82) is 0 Å². The molecule has 2 N–H and O–H groups in total. The second-order valence-electron chi connectivity index (χ2n) is 7.22. The third kappa shape index (κ3) is 5.29. The Morgan fingerprint density at radius 1 is 0.862 bits per heavy atom. The standard InChI is InChI=1S/C23H26N2O4/c26-16-20(23(29)25-13-6-1-2-7-14-25)24-22(28)19-12-8-11-18(15-19)21(27)17-9-4-3-5-10-17/h3-5,8-12,15,20,26H,1-2,6-7,13-14,16H2,(H,24,28)/t20-/m0/s1. The summed E-state index contributed by atoms with van der Waals surface area (Å²) < 4.78 is 0. The van der Waals surface area contributed by atoms with E-state index in [1.54, 1.807) is 47.4 Å². The van der Waals surface area contributed by atoms with Crippen molar-refractivity contribution >= 4 is 17.6 Å². The maximum absolute atomic E-state index is 12.7. The molecule has 0 spiro atoms. The van der Waals surface area contributed by atoms with Crippen LogP contribution in [-0.4, -0.2) is 53.3 Å². The number of benzene rings is 2. The summed E-state index contributed by atoms with van der Waals surface area (Å²) in [5.74, 6) is -0.936. The largest absolute Gasteiger partial charge is 0.394 e. The van der Waals surface area contributed by atoms with Crippen LogP contribution in [0.1, 0.15) is 52.0 Å². The number of aliphatic hydroxyl groups is 1. The first-order valence-electron chi connectivity index (χ1n) is 10.0. The lowest BCUT2D eigenvalue weighted by atomic mass is 10.0. The predicted octanol–water partition coefficient (Wildman–Crippen LogP) is 2.41. The summed E-state index contributed by atoms with van der Waals surface area (Å²) in [7, 11) is 0. The molecule has 0 aromatic heterocycles. The molecular formula is C23H26N2O4. The Hall–Kier alpha value is -2.99. The van der Waals surface area contributed by atoms with Crippen molar-refractivity contribution in [2.24, 2.45) is 0 Å². The second kappa shape index (κ2) is 9.98. The monoisotopic (exact) mass is 394 g/mol. The number of hydrogen-bond acceptors (Lipinski definition) is 4. The van der Waals surface area contributed by atoms with Crippen LogP contribution in [0, 0.1) is 0 Å². The number of amides is 2. The van der Waals surface area contributed by atoms with Crippen molar-refractivity contribution in [2.75, 3.05) is 19.7 Å². The van der Waals surface area contributed by atoms with E-state index in [2.05, 4.69) is 5.32 Å². The number of hydrogen-bond donors (Lipinski definition) is 2. The van der Waals surface area contributed by atoms with Crippen LogP contribution < -0.4 is 5.32 Å². The van der Waals surface area contributed by atoms with Crippen molar-refractivity contribution < 1.29 is 19.5 Å². The maximum atomic E-state index is 12.7. The number of rotatable bonds is 6. The van der Waals surface area contributed by atoms with Gasteiger partial charge in [0.15, 0.2) is 5.78 Å². The quantitative estimate of drug-likeness (QED) is 0.737.